The summed E-state index contributed by atoms with van der Waals surface area (Å²) in [5.41, 5.74) is 6.56. The Hall–Kier alpha value is -3.14. The number of aromatic hydroxyl groups is 1. The zero-order chi connectivity index (χ0) is 24.6. The second kappa shape index (κ2) is 12.0. The highest BCUT2D eigenvalue weighted by atomic mass is 16.4. The van der Waals surface area contributed by atoms with E-state index >= 15 is 0 Å². The number of nitrogens with one attached hydrogen (secondary N) is 3. The lowest BCUT2D eigenvalue weighted by atomic mass is 10.0. The number of carboxylic acids is 1. The number of amides is 3. The largest absolute Gasteiger partial charge is 0.508 e. The molecule has 4 unspecified atom stereocenters. The van der Waals surface area contributed by atoms with Gasteiger partial charge in [-0.25, -0.2) is 4.79 Å². The molecule has 1 aromatic rings. The van der Waals surface area contributed by atoms with Crippen LogP contribution in [0.4, 0.5) is 0 Å². The van der Waals surface area contributed by atoms with Crippen LogP contribution in [0.15, 0.2) is 24.3 Å². The van der Waals surface area contributed by atoms with Gasteiger partial charge in [0, 0.05) is 6.42 Å². The zero-order valence-electron chi connectivity index (χ0n) is 19.1. The smallest absolute Gasteiger partial charge is 0.326 e. The van der Waals surface area contributed by atoms with Crippen LogP contribution in [0.5, 0.6) is 5.75 Å². The number of rotatable bonds is 11. The van der Waals surface area contributed by atoms with Crippen LogP contribution in [0, 0.1) is 11.8 Å². The first-order valence-electron chi connectivity index (χ1n) is 10.5. The first-order valence-corrected chi connectivity index (χ1v) is 10.5. The summed E-state index contributed by atoms with van der Waals surface area (Å²) in [6.07, 6.45) is 0.0980. The molecule has 10 nitrogen and oxygen atoms in total. The van der Waals surface area contributed by atoms with Crippen molar-refractivity contribution in [2.24, 2.45) is 17.6 Å². The average Bonchev–Trinajstić information content (AvgIpc) is 2.71. The lowest BCUT2D eigenvalue weighted by Gasteiger charge is -2.25. The fraction of sp³-hybridized carbons (Fsp3) is 0.545. The van der Waals surface area contributed by atoms with Crippen LogP contribution in [-0.4, -0.2) is 58.1 Å². The number of carbonyl (C=O) groups is 4. The summed E-state index contributed by atoms with van der Waals surface area (Å²) in [5, 5.41) is 26.2. The Bertz CT molecular complexity index is 809. The fourth-order valence-corrected chi connectivity index (χ4v) is 2.82. The van der Waals surface area contributed by atoms with Gasteiger partial charge in [-0.1, -0.05) is 39.8 Å². The third-order valence-electron chi connectivity index (χ3n) is 5.01. The highest BCUT2D eigenvalue weighted by molar-refractivity contribution is 5.94. The third kappa shape index (κ3) is 8.18. The van der Waals surface area contributed by atoms with Gasteiger partial charge in [0.25, 0.3) is 0 Å². The van der Waals surface area contributed by atoms with Crippen LogP contribution in [0.1, 0.15) is 40.2 Å². The van der Waals surface area contributed by atoms with Gasteiger partial charge in [-0.2, -0.15) is 0 Å². The minimum Gasteiger partial charge on any atom is -0.508 e. The van der Waals surface area contributed by atoms with Gasteiger partial charge in [0.15, 0.2) is 0 Å². The average molecular weight is 451 g/mol. The maximum Gasteiger partial charge on any atom is 0.326 e. The van der Waals surface area contributed by atoms with Crippen molar-refractivity contribution in [2.45, 2.75) is 65.2 Å². The van der Waals surface area contributed by atoms with Crippen molar-refractivity contribution in [3.8, 4) is 5.75 Å². The Labute approximate surface area is 187 Å². The fourth-order valence-electron chi connectivity index (χ4n) is 2.82. The predicted octanol–water partition coefficient (Wildman–Crippen LogP) is 0.133. The number of hydrogen-bond acceptors (Lipinski definition) is 6. The second-order valence-electron chi connectivity index (χ2n) is 8.50. The number of carbonyl (C=O) groups excluding carboxylic acids is 3. The summed E-state index contributed by atoms with van der Waals surface area (Å²) in [5.74, 6) is -3.41. The summed E-state index contributed by atoms with van der Waals surface area (Å²) in [6, 6.07) is 2.14. The third-order valence-corrected chi connectivity index (χ3v) is 5.01. The van der Waals surface area contributed by atoms with Gasteiger partial charge in [0.05, 0.1) is 6.04 Å². The van der Waals surface area contributed by atoms with Crippen molar-refractivity contribution in [1.29, 1.82) is 0 Å². The molecule has 0 saturated heterocycles. The van der Waals surface area contributed by atoms with Crippen molar-refractivity contribution in [1.82, 2.24) is 16.0 Å². The number of benzene rings is 1. The molecule has 0 aliphatic rings. The van der Waals surface area contributed by atoms with Gasteiger partial charge in [0.1, 0.15) is 23.9 Å². The van der Waals surface area contributed by atoms with E-state index in [2.05, 4.69) is 16.0 Å². The van der Waals surface area contributed by atoms with Crippen LogP contribution >= 0.6 is 0 Å². The molecule has 4 atom stereocenters. The second-order valence-corrected chi connectivity index (χ2v) is 8.50. The van der Waals surface area contributed by atoms with Crippen LogP contribution in [0.3, 0.4) is 0 Å². The molecule has 0 fully saturated rings. The summed E-state index contributed by atoms with van der Waals surface area (Å²) < 4.78 is 0. The van der Waals surface area contributed by atoms with E-state index in [9.17, 15) is 29.4 Å². The van der Waals surface area contributed by atoms with E-state index in [0.717, 1.165) is 0 Å². The van der Waals surface area contributed by atoms with E-state index in [1.54, 1.807) is 39.8 Å². The Balaban J connectivity index is 2.95. The molecule has 0 aromatic heterocycles. The minimum absolute atomic E-state index is 0.0593. The van der Waals surface area contributed by atoms with Crippen molar-refractivity contribution in [3.05, 3.63) is 29.8 Å². The number of hydrogen-bond donors (Lipinski definition) is 6. The molecule has 0 saturated carbocycles. The Morgan fingerprint density at radius 1 is 0.844 bits per heavy atom. The van der Waals surface area contributed by atoms with Gasteiger partial charge in [-0.05, 0) is 36.5 Å². The first kappa shape index (κ1) is 26.9. The maximum absolute atomic E-state index is 12.9. The monoisotopic (exact) mass is 450 g/mol. The van der Waals surface area contributed by atoms with E-state index in [1.165, 1.54) is 19.1 Å². The molecule has 0 radical (unpaired) electrons. The minimum atomic E-state index is -1.17. The molecule has 0 spiro atoms. The van der Waals surface area contributed by atoms with Gasteiger partial charge < -0.3 is 31.9 Å². The molecular formula is C22H34N4O6. The molecule has 0 aliphatic carbocycles. The number of carboxylic acid groups (broad SMARTS) is 1. The van der Waals surface area contributed by atoms with E-state index in [-0.39, 0.29) is 24.0 Å². The van der Waals surface area contributed by atoms with Crippen LogP contribution in [0.2, 0.25) is 0 Å². The summed E-state index contributed by atoms with van der Waals surface area (Å²) in [4.78, 5) is 49.1. The van der Waals surface area contributed by atoms with E-state index < -0.39 is 47.9 Å². The van der Waals surface area contributed by atoms with Gasteiger partial charge in [-0.15, -0.1) is 0 Å². The van der Waals surface area contributed by atoms with Crippen molar-refractivity contribution >= 4 is 23.7 Å². The summed E-state index contributed by atoms with van der Waals surface area (Å²) in [6.45, 7) is 8.29. The summed E-state index contributed by atoms with van der Waals surface area (Å²) in [7, 11) is 0. The maximum atomic E-state index is 12.9. The molecule has 10 heteroatoms. The molecule has 0 aliphatic heterocycles. The van der Waals surface area contributed by atoms with Crippen LogP contribution in [0.25, 0.3) is 0 Å². The molecule has 0 bridgehead atoms. The molecule has 3 amide bonds. The Morgan fingerprint density at radius 3 is 1.88 bits per heavy atom. The highest BCUT2D eigenvalue weighted by Crippen LogP contribution is 2.12. The predicted molar refractivity (Wildman–Crippen MR) is 119 cm³/mol. The Morgan fingerprint density at radius 2 is 1.41 bits per heavy atom. The molecule has 1 rings (SSSR count). The van der Waals surface area contributed by atoms with Crippen LogP contribution in [-0.2, 0) is 25.6 Å². The number of phenols is 1. The van der Waals surface area contributed by atoms with Gasteiger partial charge in [0.2, 0.25) is 17.7 Å². The summed E-state index contributed by atoms with van der Waals surface area (Å²) >= 11 is 0. The van der Waals surface area contributed by atoms with Gasteiger partial charge >= 0.3 is 5.97 Å². The lowest BCUT2D eigenvalue weighted by molar-refractivity contribution is -0.143. The van der Waals surface area contributed by atoms with E-state index in [4.69, 9.17) is 5.73 Å². The topological polar surface area (TPSA) is 171 Å². The molecule has 0 heterocycles. The molecule has 1 aromatic carbocycles. The van der Waals surface area contributed by atoms with Crippen molar-refractivity contribution in [2.75, 3.05) is 0 Å². The lowest BCUT2D eigenvalue weighted by Crippen LogP contribution is -2.57. The van der Waals surface area contributed by atoms with E-state index in [0.29, 0.717) is 5.56 Å². The zero-order valence-corrected chi connectivity index (χ0v) is 19.1. The van der Waals surface area contributed by atoms with E-state index in [1.807, 2.05) is 0 Å². The first-order chi connectivity index (χ1) is 14.8. The van der Waals surface area contributed by atoms with Crippen molar-refractivity contribution < 1.29 is 29.4 Å². The van der Waals surface area contributed by atoms with Crippen molar-refractivity contribution in [3.63, 3.8) is 0 Å². The number of aliphatic carboxylic acids is 1. The number of nitrogens with two attached hydrogens (primary N) is 1. The molecular weight excluding hydrogens is 416 g/mol. The normalized spacial score (nSPS) is 14.9. The number of phenolic OH excluding ortho intramolecular Hbond substituents is 1. The molecule has 7 N–H and O–H groups in total. The Kier molecular flexibility index (Phi) is 10.1. The van der Waals surface area contributed by atoms with Crippen LogP contribution < -0.4 is 21.7 Å². The quantitative estimate of drug-likeness (QED) is 0.278. The SMILES string of the molecule is CC(NC(=O)C(Cc1ccc(O)cc1)NC(=O)C(N)C(C)C)C(=O)NC(C(=O)O)C(C)C. The molecule has 178 valence electrons. The standard InChI is InChI=1S/C22H34N4O6/c1-11(2)17(23)21(30)25-16(10-14-6-8-15(27)9-7-14)20(29)24-13(5)19(28)26-18(12(3)4)22(31)32/h6-9,11-13,16-18,27H,10,23H2,1-5H3,(H,24,29)(H,25,30)(H,26,28)(H,31,32). The highest BCUT2D eigenvalue weighted by Gasteiger charge is 2.30. The molecule has 32 heavy (non-hydrogen) atoms. The van der Waals surface area contributed by atoms with Gasteiger partial charge in [-0.3, -0.25) is 14.4 Å².